The van der Waals surface area contributed by atoms with Crippen LogP contribution in [0.5, 0.6) is 5.75 Å². The third-order valence-electron chi connectivity index (χ3n) is 6.20. The van der Waals surface area contributed by atoms with Gasteiger partial charge in [0.2, 0.25) is 0 Å². The number of amides is 4. The van der Waals surface area contributed by atoms with Crippen molar-refractivity contribution in [2.45, 2.75) is 52.0 Å². The number of carbonyl (C=O) groups is 3. The lowest BCUT2D eigenvalue weighted by atomic mass is 9.95. The first-order valence-corrected chi connectivity index (χ1v) is 10.6. The van der Waals surface area contributed by atoms with E-state index >= 15 is 0 Å². The Hall–Kier alpha value is -3.35. The first-order valence-electron chi connectivity index (χ1n) is 10.6. The largest absolute Gasteiger partial charge is 0.497 e. The van der Waals surface area contributed by atoms with Gasteiger partial charge in [-0.05, 0) is 68.7 Å². The third kappa shape index (κ3) is 3.87. The second-order valence-corrected chi connectivity index (χ2v) is 8.14. The van der Waals surface area contributed by atoms with Crippen LogP contribution in [0.3, 0.4) is 0 Å². The molecule has 0 spiro atoms. The zero-order chi connectivity index (χ0) is 22.1. The van der Waals surface area contributed by atoms with Crippen LogP contribution in [0.25, 0.3) is 6.08 Å². The Morgan fingerprint density at radius 1 is 1.03 bits per heavy atom. The van der Waals surface area contributed by atoms with Crippen molar-refractivity contribution in [2.75, 3.05) is 12.0 Å². The zero-order valence-electron chi connectivity index (χ0n) is 18.1. The zero-order valence-corrected chi connectivity index (χ0v) is 18.1. The molecule has 7 heteroatoms. The van der Waals surface area contributed by atoms with E-state index in [-0.39, 0.29) is 5.57 Å². The monoisotopic (exact) mass is 421 g/mol. The quantitative estimate of drug-likeness (QED) is 0.590. The molecule has 2 aliphatic rings. The molecule has 1 saturated heterocycles. The average Bonchev–Trinajstić information content (AvgIpc) is 3.05. The smallest absolute Gasteiger partial charge is 0.335 e. The minimum atomic E-state index is -0.759. The molecule has 7 nitrogen and oxygen atoms in total. The van der Waals surface area contributed by atoms with Gasteiger partial charge in [-0.1, -0.05) is 19.3 Å². The first-order chi connectivity index (χ1) is 14.9. The van der Waals surface area contributed by atoms with Crippen molar-refractivity contribution in [3.63, 3.8) is 0 Å². The Bertz CT molecular complexity index is 1060. The first kappa shape index (κ1) is 20.9. The lowest BCUT2D eigenvalue weighted by molar-refractivity contribution is -0.122. The molecule has 0 unspecified atom stereocenters. The molecule has 2 aromatic rings. The van der Waals surface area contributed by atoms with Gasteiger partial charge in [0.15, 0.2) is 0 Å². The maximum Gasteiger partial charge on any atom is 0.335 e. The molecule has 4 amide bonds. The minimum Gasteiger partial charge on any atom is -0.497 e. The summed E-state index contributed by atoms with van der Waals surface area (Å²) in [6.07, 6.45) is 7.60. The number of ether oxygens (including phenoxy) is 1. The van der Waals surface area contributed by atoms with E-state index in [4.69, 9.17) is 4.74 Å². The summed E-state index contributed by atoms with van der Waals surface area (Å²) in [5, 5.41) is 2.28. The number of rotatable bonds is 4. The molecule has 0 atom stereocenters. The minimum absolute atomic E-state index is 0.0562. The normalized spacial score (nSPS) is 19.1. The standard InChI is InChI=1S/C24H27N3O4/c1-15-13-17(16(2)26(15)18-7-5-4-6-8-18)14-21-22(28)25-24(30)27(23(21)29)19-9-11-20(31-3)12-10-19/h9-14,18H,4-8H2,1-3H3,(H,25,28,30)/b21-14+. The number of aryl methyl sites for hydroxylation is 1. The lowest BCUT2D eigenvalue weighted by Gasteiger charge is -2.27. The number of imide groups is 2. The van der Waals surface area contributed by atoms with Crippen molar-refractivity contribution in [3.05, 3.63) is 52.9 Å². The fraction of sp³-hybridized carbons (Fsp3) is 0.375. The molecule has 1 aliphatic heterocycles. The fourth-order valence-electron chi connectivity index (χ4n) is 4.63. The van der Waals surface area contributed by atoms with Crippen molar-refractivity contribution >= 4 is 29.6 Å². The predicted octanol–water partition coefficient (Wildman–Crippen LogP) is 4.29. The SMILES string of the molecule is COc1ccc(N2C(=O)NC(=O)/C(=C\c3cc(C)n(C4CCCCC4)c3C)C2=O)cc1. The van der Waals surface area contributed by atoms with Gasteiger partial charge in [-0.2, -0.15) is 0 Å². The molecular formula is C24H27N3O4. The van der Waals surface area contributed by atoms with E-state index in [1.807, 2.05) is 13.0 Å². The van der Waals surface area contributed by atoms with E-state index in [0.29, 0.717) is 17.5 Å². The van der Waals surface area contributed by atoms with Gasteiger partial charge >= 0.3 is 6.03 Å². The van der Waals surface area contributed by atoms with Crippen molar-refractivity contribution in [3.8, 4) is 5.75 Å². The number of barbiturate groups is 1. The van der Waals surface area contributed by atoms with Gasteiger partial charge in [0.05, 0.1) is 12.8 Å². The van der Waals surface area contributed by atoms with Crippen LogP contribution in [0.1, 0.15) is 55.1 Å². The van der Waals surface area contributed by atoms with Crippen molar-refractivity contribution in [1.29, 1.82) is 0 Å². The van der Waals surface area contributed by atoms with Crippen molar-refractivity contribution < 1.29 is 19.1 Å². The molecule has 0 bridgehead atoms. The number of urea groups is 1. The summed E-state index contributed by atoms with van der Waals surface area (Å²) in [5.41, 5.74) is 3.28. The fourth-order valence-corrected chi connectivity index (χ4v) is 4.63. The van der Waals surface area contributed by atoms with Crippen LogP contribution in [0.4, 0.5) is 10.5 Å². The highest BCUT2D eigenvalue weighted by atomic mass is 16.5. The number of nitrogens with zero attached hydrogens (tertiary/aromatic N) is 2. The second-order valence-electron chi connectivity index (χ2n) is 8.14. The van der Waals surface area contributed by atoms with Crippen molar-refractivity contribution in [1.82, 2.24) is 9.88 Å². The molecule has 2 heterocycles. The van der Waals surface area contributed by atoms with Gasteiger partial charge in [-0.3, -0.25) is 14.9 Å². The number of benzene rings is 1. The summed E-state index contributed by atoms with van der Waals surface area (Å²) in [6, 6.07) is 8.24. The number of carbonyl (C=O) groups excluding carboxylic acids is 3. The molecule has 1 saturated carbocycles. The van der Waals surface area contributed by atoms with Gasteiger partial charge in [0.1, 0.15) is 11.3 Å². The van der Waals surface area contributed by atoms with Gasteiger partial charge in [0, 0.05) is 17.4 Å². The van der Waals surface area contributed by atoms with E-state index < -0.39 is 17.8 Å². The topological polar surface area (TPSA) is 80.6 Å². The number of aromatic nitrogens is 1. The van der Waals surface area contributed by atoms with E-state index in [1.54, 1.807) is 30.3 Å². The van der Waals surface area contributed by atoms with Crippen molar-refractivity contribution in [2.24, 2.45) is 0 Å². The third-order valence-corrected chi connectivity index (χ3v) is 6.20. The molecule has 2 fully saturated rings. The number of hydrogen-bond acceptors (Lipinski definition) is 4. The number of nitrogens with one attached hydrogen (secondary N) is 1. The summed E-state index contributed by atoms with van der Waals surface area (Å²) in [7, 11) is 1.54. The van der Waals surface area contributed by atoms with Gasteiger partial charge in [-0.25, -0.2) is 9.69 Å². The molecule has 0 radical (unpaired) electrons. The molecule has 162 valence electrons. The van der Waals surface area contributed by atoms with Crippen LogP contribution in [-0.4, -0.2) is 29.5 Å². The highest BCUT2D eigenvalue weighted by molar-refractivity contribution is 6.39. The summed E-state index contributed by atoms with van der Waals surface area (Å²) in [6.45, 7) is 4.07. The van der Waals surface area contributed by atoms with E-state index in [9.17, 15) is 14.4 Å². The van der Waals surface area contributed by atoms with Gasteiger partial charge in [0.25, 0.3) is 11.8 Å². The average molecular weight is 421 g/mol. The van der Waals surface area contributed by atoms with E-state index in [1.165, 1.54) is 26.4 Å². The number of methoxy groups -OCH3 is 1. The number of hydrogen-bond donors (Lipinski definition) is 1. The highest BCUT2D eigenvalue weighted by Crippen LogP contribution is 2.33. The van der Waals surface area contributed by atoms with Crippen LogP contribution in [0.15, 0.2) is 35.9 Å². The summed E-state index contributed by atoms with van der Waals surface area (Å²) >= 11 is 0. The van der Waals surface area contributed by atoms with Gasteiger partial charge < -0.3 is 9.30 Å². The maximum absolute atomic E-state index is 13.1. The molecule has 4 rings (SSSR count). The molecular weight excluding hydrogens is 394 g/mol. The van der Waals surface area contributed by atoms with Crippen LogP contribution < -0.4 is 15.0 Å². The molecule has 31 heavy (non-hydrogen) atoms. The molecule has 1 aromatic heterocycles. The Morgan fingerprint density at radius 3 is 2.35 bits per heavy atom. The Balaban J connectivity index is 1.68. The Labute approximate surface area is 181 Å². The summed E-state index contributed by atoms with van der Waals surface area (Å²) < 4.78 is 7.45. The summed E-state index contributed by atoms with van der Waals surface area (Å²) in [4.78, 5) is 39.1. The predicted molar refractivity (Wildman–Crippen MR) is 118 cm³/mol. The number of anilines is 1. The Morgan fingerprint density at radius 2 is 1.71 bits per heavy atom. The second kappa shape index (κ2) is 8.41. The van der Waals surface area contributed by atoms with E-state index in [2.05, 4.69) is 16.8 Å². The lowest BCUT2D eigenvalue weighted by Crippen LogP contribution is -2.54. The summed E-state index contributed by atoms with van der Waals surface area (Å²) in [5.74, 6) is -0.709. The maximum atomic E-state index is 13.1. The molecule has 1 aliphatic carbocycles. The van der Waals surface area contributed by atoms with Crippen LogP contribution >= 0.6 is 0 Å². The van der Waals surface area contributed by atoms with E-state index in [0.717, 1.165) is 34.7 Å². The molecule has 1 N–H and O–H groups in total. The molecule has 1 aromatic carbocycles. The Kier molecular flexibility index (Phi) is 5.67. The van der Waals surface area contributed by atoms with Crippen LogP contribution in [0, 0.1) is 13.8 Å². The van der Waals surface area contributed by atoms with Crippen LogP contribution in [0.2, 0.25) is 0 Å². The van der Waals surface area contributed by atoms with Gasteiger partial charge in [-0.15, -0.1) is 0 Å². The van der Waals surface area contributed by atoms with Crippen LogP contribution in [-0.2, 0) is 9.59 Å². The highest BCUT2D eigenvalue weighted by Gasteiger charge is 2.37.